The van der Waals surface area contributed by atoms with Crippen molar-refractivity contribution in [3.63, 3.8) is 0 Å². The van der Waals surface area contributed by atoms with Gasteiger partial charge in [-0.25, -0.2) is 0 Å². The van der Waals surface area contributed by atoms with Crippen molar-refractivity contribution in [3.8, 4) is 5.69 Å². The van der Waals surface area contributed by atoms with E-state index in [0.29, 0.717) is 5.75 Å². The number of nitrogens with zero attached hydrogens (tertiary/aromatic N) is 4. The molecule has 0 bridgehead atoms. The van der Waals surface area contributed by atoms with Crippen molar-refractivity contribution < 1.29 is 4.79 Å². The van der Waals surface area contributed by atoms with Crippen LogP contribution in [0.25, 0.3) is 5.69 Å². The second kappa shape index (κ2) is 10.5. The van der Waals surface area contributed by atoms with Gasteiger partial charge in [0.05, 0.1) is 5.75 Å². The summed E-state index contributed by atoms with van der Waals surface area (Å²) in [5.41, 5.74) is 2.21. The van der Waals surface area contributed by atoms with Crippen molar-refractivity contribution in [2.45, 2.75) is 44.2 Å². The molecular weight excluding hydrogens is 358 g/mol. The third-order valence-corrected chi connectivity index (χ3v) is 5.78. The highest BCUT2D eigenvalue weighted by Crippen LogP contribution is 2.19. The van der Waals surface area contributed by atoms with Crippen LogP contribution in [-0.4, -0.2) is 57.5 Å². The van der Waals surface area contributed by atoms with Crippen LogP contribution < -0.4 is 5.32 Å². The number of amides is 1. The molecule has 2 aromatic rings. The minimum Gasteiger partial charge on any atom is -0.355 e. The van der Waals surface area contributed by atoms with Crippen LogP contribution in [0.3, 0.4) is 0 Å². The minimum atomic E-state index is 0.0503. The van der Waals surface area contributed by atoms with Crippen LogP contribution in [0, 0.1) is 6.92 Å². The fourth-order valence-corrected chi connectivity index (χ4v) is 4.04. The highest BCUT2D eigenvalue weighted by atomic mass is 32.2. The zero-order chi connectivity index (χ0) is 18.9. The molecule has 1 saturated heterocycles. The van der Waals surface area contributed by atoms with Crippen molar-refractivity contribution in [2.75, 3.05) is 31.9 Å². The highest BCUT2D eigenvalue weighted by molar-refractivity contribution is 7.99. The molecule has 3 rings (SSSR count). The summed E-state index contributed by atoms with van der Waals surface area (Å²) in [7, 11) is 0. The van der Waals surface area contributed by atoms with Gasteiger partial charge < -0.3 is 10.2 Å². The van der Waals surface area contributed by atoms with Crippen LogP contribution in [0.15, 0.2) is 35.7 Å². The Hall–Kier alpha value is -1.86. The number of carbonyl (C=O) groups excluding carboxylic acids is 1. The molecule has 2 heterocycles. The lowest BCUT2D eigenvalue weighted by Crippen LogP contribution is -2.31. The minimum absolute atomic E-state index is 0.0503. The largest absolute Gasteiger partial charge is 0.355 e. The third kappa shape index (κ3) is 6.36. The maximum absolute atomic E-state index is 12.1. The maximum atomic E-state index is 12.1. The molecule has 0 spiro atoms. The Morgan fingerprint density at radius 3 is 2.63 bits per heavy atom. The standard InChI is InChI=1S/C20H29N5OS/c1-17-7-9-18(10-8-17)25-16-22-23-20(25)27-15-19(26)21-11-6-14-24-12-4-2-3-5-13-24/h7-10,16H,2-6,11-15H2,1H3,(H,21,26). The third-order valence-electron chi connectivity index (χ3n) is 4.83. The van der Waals surface area contributed by atoms with Gasteiger partial charge in [0.2, 0.25) is 5.91 Å². The molecule has 0 atom stereocenters. The van der Waals surface area contributed by atoms with Crippen LogP contribution in [0.4, 0.5) is 0 Å². The molecule has 1 aromatic carbocycles. The van der Waals surface area contributed by atoms with Crippen LogP contribution in [0.1, 0.15) is 37.7 Å². The molecule has 1 fully saturated rings. The summed E-state index contributed by atoms with van der Waals surface area (Å²) in [6.07, 6.45) is 8.03. The Bertz CT molecular complexity index is 707. The monoisotopic (exact) mass is 387 g/mol. The molecule has 1 aliphatic rings. The van der Waals surface area contributed by atoms with E-state index in [1.165, 1.54) is 56.1 Å². The second-order valence-electron chi connectivity index (χ2n) is 7.07. The first kappa shape index (κ1) is 19.9. The number of hydrogen-bond acceptors (Lipinski definition) is 5. The fourth-order valence-electron chi connectivity index (χ4n) is 3.28. The Kier molecular flexibility index (Phi) is 7.71. The number of nitrogens with one attached hydrogen (secondary N) is 1. The molecule has 1 aliphatic heterocycles. The molecule has 6 nitrogen and oxygen atoms in total. The SMILES string of the molecule is Cc1ccc(-n2cnnc2SCC(=O)NCCCN2CCCCCC2)cc1. The molecule has 0 aliphatic carbocycles. The summed E-state index contributed by atoms with van der Waals surface area (Å²) < 4.78 is 1.91. The molecule has 146 valence electrons. The van der Waals surface area contributed by atoms with E-state index < -0.39 is 0 Å². The van der Waals surface area contributed by atoms with Crippen LogP contribution in [0.2, 0.25) is 0 Å². The van der Waals surface area contributed by atoms with Crippen molar-refractivity contribution in [3.05, 3.63) is 36.2 Å². The number of aromatic nitrogens is 3. The Labute approximate surface area is 165 Å². The van der Waals surface area contributed by atoms with E-state index in [-0.39, 0.29) is 5.91 Å². The summed E-state index contributed by atoms with van der Waals surface area (Å²) in [5.74, 6) is 0.406. The summed E-state index contributed by atoms with van der Waals surface area (Å²) in [6.45, 7) is 6.29. The number of carbonyl (C=O) groups is 1. The van der Waals surface area contributed by atoms with Crippen LogP contribution in [-0.2, 0) is 4.79 Å². The molecule has 1 aromatic heterocycles. The van der Waals surface area contributed by atoms with Crippen molar-refractivity contribution in [2.24, 2.45) is 0 Å². The fraction of sp³-hybridized carbons (Fsp3) is 0.550. The second-order valence-corrected chi connectivity index (χ2v) is 8.01. The van der Waals surface area contributed by atoms with Crippen molar-refractivity contribution in [1.82, 2.24) is 25.0 Å². The van der Waals surface area contributed by atoms with Gasteiger partial charge in [0, 0.05) is 12.2 Å². The Balaban J connectivity index is 1.38. The summed E-state index contributed by atoms with van der Waals surface area (Å²) >= 11 is 1.42. The van der Waals surface area contributed by atoms with Gasteiger partial charge in [0.15, 0.2) is 5.16 Å². The number of hydrogen-bond donors (Lipinski definition) is 1. The molecule has 0 radical (unpaired) electrons. The zero-order valence-electron chi connectivity index (χ0n) is 16.1. The number of benzene rings is 1. The lowest BCUT2D eigenvalue weighted by molar-refractivity contribution is -0.118. The van der Waals surface area contributed by atoms with Gasteiger partial charge in [-0.3, -0.25) is 9.36 Å². The van der Waals surface area contributed by atoms with Gasteiger partial charge in [-0.2, -0.15) is 0 Å². The van der Waals surface area contributed by atoms with Crippen LogP contribution >= 0.6 is 11.8 Å². The molecule has 1 N–H and O–H groups in total. The molecule has 0 saturated carbocycles. The molecular formula is C20H29N5OS. The first-order chi connectivity index (χ1) is 13.2. The first-order valence-electron chi connectivity index (χ1n) is 9.81. The number of rotatable bonds is 8. The van der Waals surface area contributed by atoms with E-state index in [1.807, 2.05) is 16.7 Å². The molecule has 0 unspecified atom stereocenters. The maximum Gasteiger partial charge on any atom is 0.230 e. The topological polar surface area (TPSA) is 63.1 Å². The summed E-state index contributed by atoms with van der Waals surface area (Å²) in [5, 5.41) is 11.9. The lowest BCUT2D eigenvalue weighted by Gasteiger charge is -2.19. The normalized spacial score (nSPS) is 15.4. The predicted molar refractivity (Wildman–Crippen MR) is 109 cm³/mol. The highest BCUT2D eigenvalue weighted by Gasteiger charge is 2.11. The lowest BCUT2D eigenvalue weighted by atomic mass is 10.2. The molecule has 27 heavy (non-hydrogen) atoms. The smallest absolute Gasteiger partial charge is 0.230 e. The van der Waals surface area contributed by atoms with E-state index in [1.54, 1.807) is 6.33 Å². The average Bonchev–Trinajstić information content (AvgIpc) is 2.99. The predicted octanol–water partition coefficient (Wildman–Crippen LogP) is 3.05. The van der Waals surface area contributed by atoms with E-state index in [4.69, 9.17) is 0 Å². The number of thioether (sulfide) groups is 1. The van der Waals surface area contributed by atoms with E-state index in [0.717, 1.165) is 30.4 Å². The average molecular weight is 388 g/mol. The Morgan fingerprint density at radius 2 is 1.89 bits per heavy atom. The van der Waals surface area contributed by atoms with Gasteiger partial charge in [0.1, 0.15) is 6.33 Å². The van der Waals surface area contributed by atoms with E-state index in [2.05, 4.69) is 39.5 Å². The van der Waals surface area contributed by atoms with Crippen molar-refractivity contribution in [1.29, 1.82) is 0 Å². The summed E-state index contributed by atoms with van der Waals surface area (Å²) in [6, 6.07) is 8.18. The quantitative estimate of drug-likeness (QED) is 0.557. The Morgan fingerprint density at radius 1 is 1.15 bits per heavy atom. The van der Waals surface area contributed by atoms with E-state index >= 15 is 0 Å². The van der Waals surface area contributed by atoms with Gasteiger partial charge in [0.25, 0.3) is 0 Å². The first-order valence-corrected chi connectivity index (χ1v) is 10.8. The van der Waals surface area contributed by atoms with Gasteiger partial charge in [-0.15, -0.1) is 10.2 Å². The van der Waals surface area contributed by atoms with Gasteiger partial charge >= 0.3 is 0 Å². The molecule has 7 heteroatoms. The van der Waals surface area contributed by atoms with Gasteiger partial charge in [-0.1, -0.05) is 42.3 Å². The number of likely N-dealkylation sites (tertiary alicyclic amines) is 1. The van der Waals surface area contributed by atoms with Gasteiger partial charge in [-0.05, 0) is 58.0 Å². The van der Waals surface area contributed by atoms with Crippen LogP contribution in [0.5, 0.6) is 0 Å². The van der Waals surface area contributed by atoms with E-state index in [9.17, 15) is 4.79 Å². The summed E-state index contributed by atoms with van der Waals surface area (Å²) in [4.78, 5) is 14.7. The number of aryl methyl sites for hydroxylation is 1. The zero-order valence-corrected chi connectivity index (χ0v) is 16.9. The molecule has 1 amide bonds. The van der Waals surface area contributed by atoms with Crippen molar-refractivity contribution >= 4 is 17.7 Å².